The van der Waals surface area contributed by atoms with Crippen LogP contribution in [0.25, 0.3) is 11.1 Å². The molecule has 0 saturated carbocycles. The molecule has 0 aliphatic carbocycles. The molecule has 6 heteroatoms. The molecule has 0 bridgehead atoms. The van der Waals surface area contributed by atoms with Crippen molar-refractivity contribution in [3.63, 3.8) is 0 Å². The summed E-state index contributed by atoms with van der Waals surface area (Å²) in [6.07, 6.45) is 5.38. The van der Waals surface area contributed by atoms with Crippen LogP contribution in [0.1, 0.15) is 18.4 Å². The number of primary amides is 1. The predicted molar refractivity (Wildman–Crippen MR) is 123 cm³/mol. The number of nitrogens with zero attached hydrogens (tertiary/aromatic N) is 2. The zero-order chi connectivity index (χ0) is 22.4. The summed E-state index contributed by atoms with van der Waals surface area (Å²) < 4.78 is 5.63. The van der Waals surface area contributed by atoms with E-state index in [1.165, 1.54) is 0 Å². The molecule has 2 amide bonds. The van der Waals surface area contributed by atoms with Gasteiger partial charge in [0, 0.05) is 31.0 Å². The van der Waals surface area contributed by atoms with Crippen molar-refractivity contribution in [2.75, 3.05) is 19.7 Å². The number of benzene rings is 2. The average Bonchev–Trinajstić information content (AvgIpc) is 2.84. The third-order valence-electron chi connectivity index (χ3n) is 6.08. The van der Waals surface area contributed by atoms with Gasteiger partial charge in [-0.05, 0) is 48.6 Å². The van der Waals surface area contributed by atoms with E-state index in [0.717, 1.165) is 23.1 Å². The Morgan fingerprint density at radius 3 is 2.56 bits per heavy atom. The highest BCUT2D eigenvalue weighted by atomic mass is 16.5. The molecule has 1 atom stereocenters. The first kappa shape index (κ1) is 21.6. The number of nitrogens with two attached hydrogens (primary N) is 1. The van der Waals surface area contributed by atoms with Crippen molar-refractivity contribution in [1.29, 1.82) is 0 Å². The molecule has 1 aliphatic rings. The van der Waals surface area contributed by atoms with Crippen molar-refractivity contribution < 1.29 is 14.3 Å². The lowest BCUT2D eigenvalue weighted by atomic mass is 9.73. The number of hydrogen-bond acceptors (Lipinski definition) is 4. The largest absolute Gasteiger partial charge is 0.484 e. The summed E-state index contributed by atoms with van der Waals surface area (Å²) in [5.41, 5.74) is 8.16. The Morgan fingerprint density at radius 1 is 1.03 bits per heavy atom. The smallest absolute Gasteiger partial charge is 0.260 e. The summed E-state index contributed by atoms with van der Waals surface area (Å²) in [6, 6.07) is 21.1. The lowest BCUT2D eigenvalue weighted by Gasteiger charge is -2.41. The van der Waals surface area contributed by atoms with E-state index in [9.17, 15) is 9.59 Å². The van der Waals surface area contributed by atoms with Gasteiger partial charge in [0.2, 0.25) is 5.91 Å². The van der Waals surface area contributed by atoms with E-state index in [1.807, 2.05) is 72.9 Å². The molecule has 2 N–H and O–H groups in total. The maximum Gasteiger partial charge on any atom is 0.260 e. The number of hydrogen-bond donors (Lipinski definition) is 1. The first-order chi connectivity index (χ1) is 15.6. The number of piperidine rings is 1. The van der Waals surface area contributed by atoms with Gasteiger partial charge in [-0.1, -0.05) is 48.5 Å². The summed E-state index contributed by atoms with van der Waals surface area (Å²) in [7, 11) is 0. The van der Waals surface area contributed by atoms with Crippen LogP contribution in [0.15, 0.2) is 79.1 Å². The van der Waals surface area contributed by atoms with Gasteiger partial charge >= 0.3 is 0 Å². The van der Waals surface area contributed by atoms with Crippen molar-refractivity contribution in [2.24, 2.45) is 11.1 Å². The van der Waals surface area contributed by atoms with E-state index >= 15 is 0 Å². The van der Waals surface area contributed by atoms with E-state index in [2.05, 4.69) is 4.98 Å². The fourth-order valence-corrected chi connectivity index (χ4v) is 4.37. The minimum Gasteiger partial charge on any atom is -0.484 e. The second kappa shape index (κ2) is 9.64. The van der Waals surface area contributed by atoms with Gasteiger partial charge in [0.1, 0.15) is 5.75 Å². The molecule has 1 aromatic heterocycles. The van der Waals surface area contributed by atoms with E-state index in [-0.39, 0.29) is 18.4 Å². The van der Waals surface area contributed by atoms with Gasteiger partial charge in [-0.15, -0.1) is 0 Å². The Bertz CT molecular complexity index is 1070. The Hall–Kier alpha value is -3.67. The summed E-state index contributed by atoms with van der Waals surface area (Å²) in [6.45, 7) is 0.822. The van der Waals surface area contributed by atoms with E-state index in [0.29, 0.717) is 31.7 Å². The number of para-hydroxylation sites is 1. The van der Waals surface area contributed by atoms with E-state index < -0.39 is 5.41 Å². The van der Waals surface area contributed by atoms with Gasteiger partial charge in [-0.25, -0.2) is 0 Å². The molecular formula is C26H27N3O3. The molecule has 2 aromatic carbocycles. The van der Waals surface area contributed by atoms with Crippen LogP contribution in [-0.2, 0) is 16.0 Å². The van der Waals surface area contributed by atoms with Gasteiger partial charge in [0.15, 0.2) is 6.61 Å². The highest BCUT2D eigenvalue weighted by molar-refractivity contribution is 5.84. The van der Waals surface area contributed by atoms with Crippen LogP contribution < -0.4 is 10.5 Å². The molecule has 0 unspecified atom stereocenters. The third-order valence-corrected chi connectivity index (χ3v) is 6.08. The van der Waals surface area contributed by atoms with Crippen LogP contribution in [-0.4, -0.2) is 41.4 Å². The van der Waals surface area contributed by atoms with Gasteiger partial charge in [-0.2, -0.15) is 0 Å². The van der Waals surface area contributed by atoms with Gasteiger partial charge in [-0.3, -0.25) is 14.6 Å². The lowest BCUT2D eigenvalue weighted by molar-refractivity contribution is -0.141. The molecule has 4 rings (SSSR count). The Balaban J connectivity index is 1.53. The van der Waals surface area contributed by atoms with Gasteiger partial charge in [0.05, 0.1) is 5.41 Å². The molecule has 2 heterocycles. The second-order valence-corrected chi connectivity index (χ2v) is 8.24. The Morgan fingerprint density at radius 2 is 1.81 bits per heavy atom. The molecule has 0 radical (unpaired) electrons. The van der Waals surface area contributed by atoms with Crippen LogP contribution >= 0.6 is 0 Å². The molecule has 1 saturated heterocycles. The first-order valence-corrected chi connectivity index (χ1v) is 10.8. The zero-order valence-electron chi connectivity index (χ0n) is 17.9. The summed E-state index contributed by atoms with van der Waals surface area (Å²) >= 11 is 0. The number of rotatable bonds is 7. The molecular weight excluding hydrogens is 402 g/mol. The third kappa shape index (κ3) is 4.80. The Kier molecular flexibility index (Phi) is 6.50. The molecule has 0 spiro atoms. The number of pyridine rings is 1. The summed E-state index contributed by atoms with van der Waals surface area (Å²) in [5.74, 6) is 0.129. The molecule has 164 valence electrons. The van der Waals surface area contributed by atoms with Crippen molar-refractivity contribution >= 4 is 11.8 Å². The van der Waals surface area contributed by atoms with Crippen LogP contribution in [0, 0.1) is 5.41 Å². The maximum absolute atomic E-state index is 12.9. The highest BCUT2D eigenvalue weighted by Gasteiger charge is 2.42. The van der Waals surface area contributed by atoms with Gasteiger partial charge in [0.25, 0.3) is 5.91 Å². The fourth-order valence-electron chi connectivity index (χ4n) is 4.37. The quantitative estimate of drug-likeness (QED) is 0.623. The Labute approximate surface area is 188 Å². The van der Waals surface area contributed by atoms with Gasteiger partial charge < -0.3 is 15.4 Å². The fraction of sp³-hybridized carbons (Fsp3) is 0.269. The molecule has 1 fully saturated rings. The minimum absolute atomic E-state index is 0.0644. The normalized spacial score (nSPS) is 18.2. The summed E-state index contributed by atoms with van der Waals surface area (Å²) in [4.78, 5) is 31.5. The SMILES string of the molecule is NC(=O)[C@]1(Cc2ccccc2-c2cccnc2)CCCN(C(=O)COc2ccccc2)C1. The van der Waals surface area contributed by atoms with Crippen LogP contribution in [0.3, 0.4) is 0 Å². The molecule has 32 heavy (non-hydrogen) atoms. The highest BCUT2D eigenvalue weighted by Crippen LogP contribution is 2.36. The number of carbonyl (C=O) groups is 2. The summed E-state index contributed by atoms with van der Waals surface area (Å²) in [5, 5.41) is 0. The number of aromatic nitrogens is 1. The number of carbonyl (C=O) groups excluding carboxylic acids is 2. The molecule has 1 aliphatic heterocycles. The van der Waals surface area contributed by atoms with Crippen LogP contribution in [0.5, 0.6) is 5.75 Å². The van der Waals surface area contributed by atoms with Crippen molar-refractivity contribution in [3.05, 3.63) is 84.7 Å². The molecule has 3 aromatic rings. The van der Waals surface area contributed by atoms with Crippen molar-refractivity contribution in [2.45, 2.75) is 19.3 Å². The first-order valence-electron chi connectivity index (χ1n) is 10.8. The second-order valence-electron chi connectivity index (χ2n) is 8.24. The van der Waals surface area contributed by atoms with Crippen LogP contribution in [0.4, 0.5) is 0 Å². The van der Waals surface area contributed by atoms with Crippen molar-refractivity contribution in [1.82, 2.24) is 9.88 Å². The monoisotopic (exact) mass is 429 g/mol. The zero-order valence-corrected chi connectivity index (χ0v) is 17.9. The maximum atomic E-state index is 12.9. The van der Waals surface area contributed by atoms with E-state index in [4.69, 9.17) is 10.5 Å². The molecule has 6 nitrogen and oxygen atoms in total. The standard InChI is InChI=1S/C26H27N3O3/c27-25(31)26(16-20-8-4-5-12-23(20)21-9-6-14-28-17-21)13-7-15-29(19-26)24(30)18-32-22-10-2-1-3-11-22/h1-6,8-12,14,17H,7,13,15-16,18-19H2,(H2,27,31)/t26-/m0/s1. The lowest BCUT2D eigenvalue weighted by Crippen LogP contribution is -2.54. The average molecular weight is 430 g/mol. The predicted octanol–water partition coefficient (Wildman–Crippen LogP) is 3.46. The number of ether oxygens (including phenoxy) is 1. The number of amides is 2. The van der Waals surface area contributed by atoms with E-state index in [1.54, 1.807) is 11.1 Å². The van der Waals surface area contributed by atoms with Crippen LogP contribution in [0.2, 0.25) is 0 Å². The number of likely N-dealkylation sites (tertiary alicyclic amines) is 1. The minimum atomic E-state index is -0.820. The van der Waals surface area contributed by atoms with Crippen molar-refractivity contribution in [3.8, 4) is 16.9 Å². The topological polar surface area (TPSA) is 85.5 Å².